The summed E-state index contributed by atoms with van der Waals surface area (Å²) in [4.78, 5) is 0. The van der Waals surface area contributed by atoms with Crippen molar-refractivity contribution < 1.29 is 4.42 Å². The first-order chi connectivity index (χ1) is 36.5. The Hall–Kier alpha value is -6.96. The Kier molecular flexibility index (Phi) is 17.7. The molecule has 2 aliphatic rings. The maximum atomic E-state index is 5.79. The summed E-state index contributed by atoms with van der Waals surface area (Å²) in [6.07, 6.45) is 5.16. The van der Waals surface area contributed by atoms with E-state index in [1.165, 1.54) is 124 Å². The summed E-state index contributed by atoms with van der Waals surface area (Å²) in [5.74, 6) is 2.66. The summed E-state index contributed by atoms with van der Waals surface area (Å²) in [7, 11) is 0. The van der Waals surface area contributed by atoms with Gasteiger partial charge in [0.25, 0.3) is 0 Å². The van der Waals surface area contributed by atoms with Crippen LogP contribution in [-0.4, -0.2) is 0 Å². The van der Waals surface area contributed by atoms with Crippen LogP contribution in [0.3, 0.4) is 0 Å². The second-order valence-electron chi connectivity index (χ2n) is 23.1. The average Bonchev–Trinajstić information content (AvgIpc) is 3.93. The molecule has 1 heterocycles. The van der Waals surface area contributed by atoms with Crippen LogP contribution >= 0.6 is 0 Å². The van der Waals surface area contributed by atoms with Crippen LogP contribution < -0.4 is 0 Å². The lowest BCUT2D eigenvalue weighted by Gasteiger charge is -2.30. The normalized spacial score (nSPS) is 13.2. The monoisotopic (exact) mass is 1000 g/mol. The third-order valence-electron chi connectivity index (χ3n) is 16.1. The highest BCUT2D eigenvalue weighted by molar-refractivity contribution is 6.07. The largest absolute Gasteiger partial charge is 0.456 e. The van der Waals surface area contributed by atoms with Gasteiger partial charge in [-0.1, -0.05) is 255 Å². The molecule has 10 aromatic rings. The van der Waals surface area contributed by atoms with Crippen LogP contribution in [0.2, 0.25) is 0 Å². The van der Waals surface area contributed by atoms with Gasteiger partial charge in [-0.15, -0.1) is 0 Å². The molecule has 1 saturated carbocycles. The summed E-state index contributed by atoms with van der Waals surface area (Å²) in [6, 6.07) is 65.8. The zero-order valence-electron chi connectivity index (χ0n) is 48.4. The lowest BCUT2D eigenvalue weighted by atomic mass is 9.74. The van der Waals surface area contributed by atoms with Gasteiger partial charge in [-0.05, 0) is 173 Å². The molecule has 1 nitrogen and oxygen atoms in total. The Bertz CT molecular complexity index is 3480. The van der Waals surface area contributed by atoms with Gasteiger partial charge in [-0.25, -0.2) is 0 Å². The lowest BCUT2D eigenvalue weighted by molar-refractivity contribution is 0.420. The number of benzene rings is 9. The summed E-state index contributed by atoms with van der Waals surface area (Å²) in [6.45, 7) is 31.2. The fourth-order valence-corrected chi connectivity index (χ4v) is 11.2. The molecule has 1 aromatic heterocycles. The van der Waals surface area contributed by atoms with Gasteiger partial charge in [0.15, 0.2) is 0 Å². The Morgan fingerprint density at radius 1 is 0.461 bits per heavy atom. The number of rotatable bonds is 6. The molecule has 2 aliphatic carbocycles. The van der Waals surface area contributed by atoms with Crippen LogP contribution in [0.15, 0.2) is 186 Å². The van der Waals surface area contributed by atoms with Gasteiger partial charge < -0.3 is 4.42 Å². The minimum atomic E-state index is 0.0888. The summed E-state index contributed by atoms with van der Waals surface area (Å²) < 4.78 is 5.79. The topological polar surface area (TPSA) is 13.1 Å². The molecule has 12 rings (SSSR count). The van der Waals surface area contributed by atoms with Crippen molar-refractivity contribution in [2.75, 3.05) is 0 Å². The molecular formula is C75H84O. The van der Waals surface area contributed by atoms with Crippen LogP contribution in [0.5, 0.6) is 0 Å². The van der Waals surface area contributed by atoms with E-state index >= 15 is 0 Å². The van der Waals surface area contributed by atoms with Gasteiger partial charge in [0, 0.05) is 16.2 Å². The van der Waals surface area contributed by atoms with E-state index in [9.17, 15) is 0 Å². The highest BCUT2D eigenvalue weighted by atomic mass is 16.3. The molecule has 0 unspecified atom stereocenters. The van der Waals surface area contributed by atoms with E-state index in [1.807, 2.05) is 18.2 Å². The second-order valence-corrected chi connectivity index (χ2v) is 23.1. The van der Waals surface area contributed by atoms with E-state index in [0.717, 1.165) is 23.5 Å². The number of aryl methyl sites for hydroxylation is 6. The van der Waals surface area contributed by atoms with E-state index in [2.05, 4.69) is 261 Å². The van der Waals surface area contributed by atoms with Crippen LogP contribution in [-0.2, 0) is 11.8 Å². The Morgan fingerprint density at radius 3 is 1.59 bits per heavy atom. The van der Waals surface area contributed by atoms with E-state index < -0.39 is 0 Å². The van der Waals surface area contributed by atoms with Gasteiger partial charge in [-0.3, -0.25) is 0 Å². The number of fused-ring (bicyclic) bond motifs is 8. The predicted octanol–water partition coefficient (Wildman–Crippen LogP) is 22.2. The number of para-hydroxylation sites is 1. The molecule has 76 heavy (non-hydrogen) atoms. The number of furan rings is 1. The minimum absolute atomic E-state index is 0.0888. The maximum Gasteiger partial charge on any atom is 0.135 e. The summed E-state index contributed by atoms with van der Waals surface area (Å²) >= 11 is 0. The average molecular weight is 1000 g/mol. The minimum Gasteiger partial charge on any atom is -0.456 e. The summed E-state index contributed by atoms with van der Waals surface area (Å²) in [5.41, 5.74) is 24.9. The van der Waals surface area contributed by atoms with E-state index in [1.54, 1.807) is 5.56 Å². The molecule has 0 radical (unpaired) electrons. The van der Waals surface area contributed by atoms with Gasteiger partial charge in [0.1, 0.15) is 11.2 Å². The van der Waals surface area contributed by atoms with Gasteiger partial charge in [0.2, 0.25) is 0 Å². The molecule has 0 bridgehead atoms. The molecule has 0 aliphatic heterocycles. The van der Waals surface area contributed by atoms with E-state index in [4.69, 9.17) is 4.42 Å². The third kappa shape index (κ3) is 12.2. The Balaban J connectivity index is 0.000000130. The van der Waals surface area contributed by atoms with Crippen molar-refractivity contribution in [3.63, 3.8) is 0 Å². The number of hydrogen-bond acceptors (Lipinski definition) is 1. The van der Waals surface area contributed by atoms with Crippen molar-refractivity contribution in [2.45, 2.75) is 152 Å². The highest BCUT2D eigenvalue weighted by Crippen LogP contribution is 2.52. The van der Waals surface area contributed by atoms with Crippen molar-refractivity contribution in [2.24, 2.45) is 0 Å². The maximum absolute atomic E-state index is 5.79. The first-order valence-corrected chi connectivity index (χ1v) is 28.3. The van der Waals surface area contributed by atoms with Gasteiger partial charge in [-0.2, -0.15) is 0 Å². The molecule has 0 spiro atoms. The fraction of sp³-hybridized carbons (Fsp3) is 0.307. The number of hydrogen-bond donors (Lipinski definition) is 0. The molecular weight excluding hydrogens is 917 g/mol. The van der Waals surface area contributed by atoms with Crippen LogP contribution in [0.1, 0.15) is 172 Å². The zero-order chi connectivity index (χ0) is 54.3. The van der Waals surface area contributed by atoms with Crippen LogP contribution in [0, 0.1) is 34.6 Å². The first kappa shape index (κ1) is 55.3. The van der Waals surface area contributed by atoms with Crippen LogP contribution in [0.25, 0.3) is 55.0 Å². The van der Waals surface area contributed by atoms with Crippen molar-refractivity contribution in [3.05, 3.63) is 249 Å². The molecule has 1 fully saturated rings. The quantitative estimate of drug-likeness (QED) is 0.162. The second kappa shape index (κ2) is 24.4. The third-order valence-corrected chi connectivity index (χ3v) is 16.1. The lowest BCUT2D eigenvalue weighted by Crippen LogP contribution is -2.15. The van der Waals surface area contributed by atoms with E-state index in [-0.39, 0.29) is 5.41 Å². The molecule has 0 saturated heterocycles. The van der Waals surface area contributed by atoms with Crippen molar-refractivity contribution >= 4 is 32.7 Å². The molecule has 0 atom stereocenters. The summed E-state index contributed by atoms with van der Waals surface area (Å²) in [5, 5.41) is 5.27. The molecule has 0 N–H and O–H groups in total. The Morgan fingerprint density at radius 2 is 1.01 bits per heavy atom. The van der Waals surface area contributed by atoms with Gasteiger partial charge in [0.05, 0.1) is 0 Å². The predicted molar refractivity (Wildman–Crippen MR) is 332 cm³/mol. The molecule has 390 valence electrons. The van der Waals surface area contributed by atoms with E-state index in [0.29, 0.717) is 17.8 Å². The smallest absolute Gasteiger partial charge is 0.135 e. The zero-order valence-corrected chi connectivity index (χ0v) is 48.4. The van der Waals surface area contributed by atoms with Gasteiger partial charge >= 0.3 is 0 Å². The van der Waals surface area contributed by atoms with Crippen molar-refractivity contribution in [1.29, 1.82) is 0 Å². The van der Waals surface area contributed by atoms with Crippen molar-refractivity contribution in [3.8, 4) is 22.3 Å². The van der Waals surface area contributed by atoms with Crippen molar-refractivity contribution in [1.82, 2.24) is 0 Å². The first-order valence-electron chi connectivity index (χ1n) is 28.3. The fourth-order valence-electron chi connectivity index (χ4n) is 11.2. The molecule has 0 amide bonds. The highest BCUT2D eigenvalue weighted by Gasteiger charge is 2.36. The molecule has 1 heteroatoms. The van der Waals surface area contributed by atoms with Crippen LogP contribution in [0.4, 0.5) is 0 Å². The standard InChI is InChI=1S/C21H20.C20H24.C14H12O.2C10H14/c1-13-9-10-17-18(11-13)21(3,4)19-12-14(2)15-7-5-6-8-16(15)20(17)19;1-14(2)17-12-7-13-19(16-9-6-10-16)20(17)18-11-5-4-8-15(18)3;1-2-10-6-5-9-13-14(10)11-7-3-4-8-12(11)15-13;2*1-8(2)10-6-4-9(3)5-7-10/h5-12H,1-4H3;4-5,7-8,11-14,16H,6,9-10H2,1-3H3;3-9H,2H2,1H3;2*4-8H,1-3H3. The Labute approximate surface area is 457 Å². The SMILES string of the molecule is CCc1cccc2oc3ccccc3c12.Cc1ccc(C(C)C)cc1.Cc1ccc(C(C)C)cc1.Cc1ccc2c(c1)C(C)(C)c1cc(C)c3ccccc3c1-2.Cc1ccccc1-c1c(C(C)C)cccc1C1CCC1. The molecule has 9 aromatic carbocycles.